The van der Waals surface area contributed by atoms with E-state index in [4.69, 9.17) is 16.2 Å². The Morgan fingerprint density at radius 2 is 2.18 bits per heavy atom. The number of aryl methyl sites for hydroxylation is 1. The molecule has 0 saturated carbocycles. The van der Waals surface area contributed by atoms with Crippen LogP contribution in [0.4, 0.5) is 5.13 Å². The molecule has 1 atom stereocenters. The number of hydrogen-bond acceptors (Lipinski definition) is 10. The van der Waals surface area contributed by atoms with Gasteiger partial charge in [-0.2, -0.15) is 5.26 Å². The second kappa shape index (κ2) is 7.58. The molecule has 2 aromatic rings. The molecule has 1 aliphatic carbocycles. The Hall–Kier alpha value is -2.35. The summed E-state index contributed by atoms with van der Waals surface area (Å²) in [5.41, 5.74) is 13.7. The van der Waals surface area contributed by atoms with E-state index >= 15 is 0 Å². The number of nitriles is 1. The van der Waals surface area contributed by atoms with E-state index < -0.39 is 5.92 Å². The van der Waals surface area contributed by atoms with Crippen molar-refractivity contribution in [2.24, 2.45) is 5.73 Å². The van der Waals surface area contributed by atoms with E-state index in [1.54, 1.807) is 23.1 Å². The third-order valence-electron chi connectivity index (χ3n) is 4.70. The molecule has 2 aliphatic rings. The number of carbonyl (C=O) groups excluding carboxylic acids is 1. The van der Waals surface area contributed by atoms with Crippen molar-refractivity contribution < 1.29 is 9.53 Å². The maximum atomic E-state index is 12.6. The molecule has 0 unspecified atom stereocenters. The predicted octanol–water partition coefficient (Wildman–Crippen LogP) is 3.60. The average molecular weight is 432 g/mol. The fourth-order valence-electron chi connectivity index (χ4n) is 3.39. The standard InChI is InChI=1S/C18H17N5O2S3/c1-8-9(7-26-18-23-22-17(21)28-18)5-13(27-8)14-10(6-19)16(20)25-12-4-2-3-11(24)15(12)14/h5,14H,2-4,7,20H2,1H3,(H2,21,22)/t14-/m0/s1. The summed E-state index contributed by atoms with van der Waals surface area (Å²) in [4.78, 5) is 14.7. The Kier molecular flexibility index (Phi) is 5.14. The summed E-state index contributed by atoms with van der Waals surface area (Å²) < 4.78 is 6.44. The first-order valence-electron chi connectivity index (χ1n) is 8.62. The number of thiophene rings is 1. The molecule has 28 heavy (non-hydrogen) atoms. The van der Waals surface area contributed by atoms with Gasteiger partial charge in [0.15, 0.2) is 10.1 Å². The number of hydrogen-bond donors (Lipinski definition) is 2. The lowest BCUT2D eigenvalue weighted by atomic mass is 9.80. The van der Waals surface area contributed by atoms with Gasteiger partial charge in [0.2, 0.25) is 11.0 Å². The van der Waals surface area contributed by atoms with E-state index in [1.165, 1.54) is 11.3 Å². The van der Waals surface area contributed by atoms with Gasteiger partial charge in [0, 0.05) is 33.9 Å². The number of anilines is 1. The smallest absolute Gasteiger partial charge is 0.205 e. The number of Topliss-reactive ketones (excluding diaryl/α,β-unsaturated/α-hetero) is 1. The minimum atomic E-state index is -0.443. The number of rotatable bonds is 4. The second-order valence-electron chi connectivity index (χ2n) is 6.46. The molecule has 0 aromatic carbocycles. The van der Waals surface area contributed by atoms with Crippen LogP contribution in [0.25, 0.3) is 0 Å². The lowest BCUT2D eigenvalue weighted by Crippen LogP contribution is -2.27. The number of nitrogen functional groups attached to an aromatic ring is 1. The summed E-state index contributed by atoms with van der Waals surface area (Å²) >= 11 is 4.51. The van der Waals surface area contributed by atoms with Crippen molar-refractivity contribution in [3.8, 4) is 6.07 Å². The molecule has 2 aromatic heterocycles. The number of ether oxygens (including phenoxy) is 1. The van der Waals surface area contributed by atoms with Crippen LogP contribution in [0.2, 0.25) is 0 Å². The van der Waals surface area contributed by atoms with Gasteiger partial charge in [-0.1, -0.05) is 23.1 Å². The first kappa shape index (κ1) is 19.0. The largest absolute Gasteiger partial charge is 0.444 e. The number of ketones is 1. The van der Waals surface area contributed by atoms with Crippen molar-refractivity contribution in [1.29, 1.82) is 5.26 Å². The van der Waals surface area contributed by atoms with Gasteiger partial charge in [-0.3, -0.25) is 4.79 Å². The van der Waals surface area contributed by atoms with Crippen LogP contribution >= 0.6 is 34.4 Å². The fourth-order valence-corrected chi connectivity index (χ4v) is 6.34. The van der Waals surface area contributed by atoms with E-state index in [0.29, 0.717) is 40.6 Å². The molecule has 1 aliphatic heterocycles. The topological polar surface area (TPSA) is 128 Å². The Morgan fingerprint density at radius 1 is 1.36 bits per heavy atom. The van der Waals surface area contributed by atoms with Crippen LogP contribution in [0.5, 0.6) is 0 Å². The van der Waals surface area contributed by atoms with Crippen LogP contribution in [-0.4, -0.2) is 16.0 Å². The van der Waals surface area contributed by atoms with Crippen LogP contribution in [0.1, 0.15) is 40.5 Å². The van der Waals surface area contributed by atoms with Crippen LogP contribution < -0.4 is 11.5 Å². The van der Waals surface area contributed by atoms with E-state index in [1.807, 2.05) is 6.92 Å². The molecular weight excluding hydrogens is 414 g/mol. The highest BCUT2D eigenvalue weighted by Crippen LogP contribution is 2.46. The Morgan fingerprint density at radius 3 is 2.89 bits per heavy atom. The zero-order valence-corrected chi connectivity index (χ0v) is 17.5. The van der Waals surface area contributed by atoms with E-state index in [0.717, 1.165) is 26.1 Å². The Balaban J connectivity index is 1.68. The zero-order chi connectivity index (χ0) is 19.8. The summed E-state index contributed by atoms with van der Waals surface area (Å²) in [6.45, 7) is 2.04. The van der Waals surface area contributed by atoms with Crippen LogP contribution in [-0.2, 0) is 15.3 Å². The van der Waals surface area contributed by atoms with E-state index in [-0.39, 0.29) is 11.7 Å². The van der Waals surface area contributed by atoms with Crippen LogP contribution in [0, 0.1) is 18.3 Å². The highest BCUT2D eigenvalue weighted by molar-refractivity contribution is 8.00. The number of aromatic nitrogens is 2. The highest BCUT2D eigenvalue weighted by Gasteiger charge is 2.38. The zero-order valence-electron chi connectivity index (χ0n) is 15.0. The van der Waals surface area contributed by atoms with Crippen molar-refractivity contribution in [2.45, 2.75) is 42.2 Å². The summed E-state index contributed by atoms with van der Waals surface area (Å²) in [6, 6.07) is 4.22. The molecule has 10 heteroatoms. The van der Waals surface area contributed by atoms with Crippen molar-refractivity contribution in [1.82, 2.24) is 10.2 Å². The SMILES string of the molecule is Cc1sc([C@@H]2C(C#N)=C(N)OC3=C2C(=O)CCC3)cc1CSc1nnc(N)s1. The Labute approximate surface area is 174 Å². The van der Waals surface area contributed by atoms with Crippen LogP contribution in [0.3, 0.4) is 0 Å². The first-order chi connectivity index (χ1) is 13.5. The van der Waals surface area contributed by atoms with E-state index in [2.05, 4.69) is 22.3 Å². The molecule has 144 valence electrons. The van der Waals surface area contributed by atoms with Crippen molar-refractivity contribution in [3.63, 3.8) is 0 Å². The average Bonchev–Trinajstić information content (AvgIpc) is 3.24. The first-order valence-corrected chi connectivity index (χ1v) is 11.2. The number of nitrogens with zero attached hydrogens (tertiary/aromatic N) is 3. The molecule has 7 nitrogen and oxygen atoms in total. The lowest BCUT2D eigenvalue weighted by Gasteiger charge is -2.30. The lowest BCUT2D eigenvalue weighted by molar-refractivity contribution is -0.116. The molecule has 0 spiro atoms. The van der Waals surface area contributed by atoms with Gasteiger partial charge in [0.05, 0.1) is 5.92 Å². The summed E-state index contributed by atoms with van der Waals surface area (Å²) in [5.74, 6) is 1.02. The monoisotopic (exact) mass is 431 g/mol. The Bertz CT molecular complexity index is 1060. The quantitative estimate of drug-likeness (QED) is 0.703. The molecule has 4 N–H and O–H groups in total. The van der Waals surface area contributed by atoms with Gasteiger partial charge in [-0.15, -0.1) is 21.5 Å². The van der Waals surface area contributed by atoms with Gasteiger partial charge in [0.25, 0.3) is 0 Å². The number of carbonyl (C=O) groups is 1. The third-order valence-corrected chi connectivity index (χ3v) is 7.79. The minimum Gasteiger partial charge on any atom is -0.444 e. The third kappa shape index (κ3) is 3.41. The molecule has 0 bridgehead atoms. The minimum absolute atomic E-state index is 0.0396. The van der Waals surface area contributed by atoms with E-state index in [9.17, 15) is 10.1 Å². The van der Waals surface area contributed by atoms with Crippen molar-refractivity contribution in [2.75, 3.05) is 5.73 Å². The molecule has 0 amide bonds. The summed E-state index contributed by atoms with van der Waals surface area (Å²) in [5, 5.41) is 18.0. The molecule has 3 heterocycles. The van der Waals surface area contributed by atoms with Gasteiger partial charge in [-0.25, -0.2) is 0 Å². The van der Waals surface area contributed by atoms with Gasteiger partial charge >= 0.3 is 0 Å². The van der Waals surface area contributed by atoms with Gasteiger partial charge in [-0.05, 0) is 25.0 Å². The molecule has 4 rings (SSSR count). The maximum Gasteiger partial charge on any atom is 0.205 e. The number of thioether (sulfide) groups is 1. The summed E-state index contributed by atoms with van der Waals surface area (Å²) in [7, 11) is 0. The molecule has 0 saturated heterocycles. The maximum absolute atomic E-state index is 12.6. The normalized spacial score (nSPS) is 19.4. The van der Waals surface area contributed by atoms with Crippen molar-refractivity contribution >= 4 is 45.4 Å². The number of allylic oxidation sites excluding steroid dienone is 3. The molecular formula is C18H17N5O2S3. The fraction of sp³-hybridized carbons (Fsp3) is 0.333. The number of nitrogens with two attached hydrogens (primary N) is 2. The van der Waals surface area contributed by atoms with Crippen LogP contribution in [0.15, 0.2) is 33.2 Å². The highest BCUT2D eigenvalue weighted by atomic mass is 32.2. The second-order valence-corrected chi connectivity index (χ2v) is 9.98. The summed E-state index contributed by atoms with van der Waals surface area (Å²) in [6.07, 6.45) is 1.89. The molecule has 0 radical (unpaired) electrons. The van der Waals surface area contributed by atoms with Gasteiger partial charge < -0.3 is 16.2 Å². The molecule has 0 fully saturated rings. The van der Waals surface area contributed by atoms with Crippen molar-refractivity contribution in [3.05, 3.63) is 44.2 Å². The van der Waals surface area contributed by atoms with Gasteiger partial charge in [0.1, 0.15) is 17.4 Å². The predicted molar refractivity (Wildman–Crippen MR) is 109 cm³/mol.